The Hall–Kier alpha value is -1.58. The summed E-state index contributed by atoms with van der Waals surface area (Å²) in [6, 6.07) is 3.65. The van der Waals surface area contributed by atoms with E-state index in [4.69, 9.17) is 0 Å². The summed E-state index contributed by atoms with van der Waals surface area (Å²) in [5.74, 6) is 1.41. The summed E-state index contributed by atoms with van der Waals surface area (Å²) in [5, 5.41) is 5.95. The third-order valence-corrected chi connectivity index (χ3v) is 3.00. The average Bonchev–Trinajstić information content (AvgIpc) is 2.42. The van der Waals surface area contributed by atoms with Crippen molar-refractivity contribution in [3.8, 4) is 0 Å². The van der Waals surface area contributed by atoms with Crippen molar-refractivity contribution in [1.29, 1.82) is 0 Å². The zero-order valence-electron chi connectivity index (χ0n) is 12.4. The highest BCUT2D eigenvalue weighted by Gasteiger charge is 2.08. The minimum Gasteiger partial charge on any atom is -0.373 e. The van der Waals surface area contributed by atoms with E-state index in [9.17, 15) is 4.79 Å². The highest BCUT2D eigenvalue weighted by Crippen LogP contribution is 2.11. The van der Waals surface area contributed by atoms with Crippen LogP contribution >= 0.6 is 0 Å². The molecular weight excluding hydrogens is 238 g/mol. The van der Waals surface area contributed by atoms with Crippen LogP contribution in [0, 0.1) is 5.92 Å². The van der Waals surface area contributed by atoms with Gasteiger partial charge in [0.25, 0.3) is 5.91 Å². The summed E-state index contributed by atoms with van der Waals surface area (Å²) in [7, 11) is 1.81. The maximum Gasteiger partial charge on any atom is 0.251 e. The fourth-order valence-electron chi connectivity index (χ4n) is 1.84. The number of amides is 1. The maximum atomic E-state index is 12.1. The number of aryl methyl sites for hydroxylation is 1. The molecule has 1 aromatic rings. The molecule has 4 nitrogen and oxygen atoms in total. The van der Waals surface area contributed by atoms with E-state index < -0.39 is 0 Å². The number of anilines is 1. The zero-order chi connectivity index (χ0) is 14.3. The smallest absolute Gasteiger partial charge is 0.251 e. The Morgan fingerprint density at radius 1 is 1.37 bits per heavy atom. The van der Waals surface area contributed by atoms with Gasteiger partial charge in [-0.2, -0.15) is 0 Å². The molecule has 1 rings (SSSR count). The van der Waals surface area contributed by atoms with E-state index in [2.05, 4.69) is 29.5 Å². The molecule has 106 valence electrons. The fraction of sp³-hybridized carbons (Fsp3) is 0.600. The molecule has 0 aromatic carbocycles. The summed E-state index contributed by atoms with van der Waals surface area (Å²) in [5.41, 5.74) is 1.61. The second-order valence-electron chi connectivity index (χ2n) is 5.13. The first kappa shape index (κ1) is 15.5. The van der Waals surface area contributed by atoms with Crippen LogP contribution < -0.4 is 10.6 Å². The topological polar surface area (TPSA) is 54.0 Å². The van der Waals surface area contributed by atoms with E-state index in [0.29, 0.717) is 11.5 Å². The first-order valence-corrected chi connectivity index (χ1v) is 7.03. The summed E-state index contributed by atoms with van der Waals surface area (Å²) in [6.45, 7) is 7.15. The van der Waals surface area contributed by atoms with Gasteiger partial charge in [0.2, 0.25) is 0 Å². The average molecular weight is 263 g/mol. The van der Waals surface area contributed by atoms with Crippen molar-refractivity contribution in [2.75, 3.05) is 18.9 Å². The van der Waals surface area contributed by atoms with Gasteiger partial charge in [-0.1, -0.05) is 20.8 Å². The summed E-state index contributed by atoms with van der Waals surface area (Å²) in [4.78, 5) is 16.4. The van der Waals surface area contributed by atoms with Gasteiger partial charge in [0.05, 0.1) is 0 Å². The lowest BCUT2D eigenvalue weighted by Crippen LogP contribution is -2.25. The van der Waals surface area contributed by atoms with Crippen molar-refractivity contribution in [2.45, 2.75) is 40.0 Å². The Kier molecular flexibility index (Phi) is 6.33. The molecule has 1 amide bonds. The third kappa shape index (κ3) is 5.28. The van der Waals surface area contributed by atoms with Crippen molar-refractivity contribution in [2.24, 2.45) is 5.92 Å². The molecule has 2 N–H and O–H groups in total. The van der Waals surface area contributed by atoms with Crippen LogP contribution in [-0.2, 0) is 6.42 Å². The molecule has 0 spiro atoms. The molecule has 1 heterocycles. The SMILES string of the molecule is CCc1cc(C(=O)NCCCC(C)C)cc(NC)n1. The highest BCUT2D eigenvalue weighted by molar-refractivity contribution is 5.94. The molecule has 0 saturated carbocycles. The van der Waals surface area contributed by atoms with Gasteiger partial charge in [-0.3, -0.25) is 4.79 Å². The molecule has 1 aromatic heterocycles. The second kappa shape index (κ2) is 7.77. The first-order valence-electron chi connectivity index (χ1n) is 7.03. The number of pyridine rings is 1. The standard InChI is InChI=1S/C15H25N3O/c1-5-13-9-12(10-14(16-4)18-13)15(19)17-8-6-7-11(2)3/h9-11H,5-8H2,1-4H3,(H,16,18)(H,17,19). The van der Waals surface area contributed by atoms with Crippen molar-refractivity contribution >= 4 is 11.7 Å². The number of carbonyl (C=O) groups is 1. The van der Waals surface area contributed by atoms with Crippen LogP contribution in [-0.4, -0.2) is 24.5 Å². The molecule has 0 unspecified atom stereocenters. The number of hydrogen-bond acceptors (Lipinski definition) is 3. The normalized spacial score (nSPS) is 10.6. The van der Waals surface area contributed by atoms with Gasteiger partial charge in [0.15, 0.2) is 0 Å². The summed E-state index contributed by atoms with van der Waals surface area (Å²) in [6.07, 6.45) is 2.98. The van der Waals surface area contributed by atoms with Crippen LogP contribution in [0.4, 0.5) is 5.82 Å². The second-order valence-corrected chi connectivity index (χ2v) is 5.13. The number of aromatic nitrogens is 1. The Morgan fingerprint density at radius 2 is 2.11 bits per heavy atom. The quantitative estimate of drug-likeness (QED) is 0.744. The van der Waals surface area contributed by atoms with E-state index in [1.54, 1.807) is 6.07 Å². The molecule has 19 heavy (non-hydrogen) atoms. The predicted molar refractivity (Wildman–Crippen MR) is 79.6 cm³/mol. The van der Waals surface area contributed by atoms with Gasteiger partial charge < -0.3 is 10.6 Å². The zero-order valence-corrected chi connectivity index (χ0v) is 12.4. The van der Waals surface area contributed by atoms with E-state index in [0.717, 1.165) is 37.3 Å². The molecule has 0 aliphatic heterocycles. The molecule has 0 fully saturated rings. The van der Waals surface area contributed by atoms with Crippen molar-refractivity contribution < 1.29 is 4.79 Å². The highest BCUT2D eigenvalue weighted by atomic mass is 16.1. The van der Waals surface area contributed by atoms with Crippen LogP contribution in [0.5, 0.6) is 0 Å². The lowest BCUT2D eigenvalue weighted by molar-refractivity contribution is 0.0952. The molecule has 0 saturated heterocycles. The van der Waals surface area contributed by atoms with Crippen LogP contribution in [0.15, 0.2) is 12.1 Å². The Labute approximate surface area is 116 Å². The van der Waals surface area contributed by atoms with Crippen molar-refractivity contribution in [3.63, 3.8) is 0 Å². The monoisotopic (exact) mass is 263 g/mol. The summed E-state index contributed by atoms with van der Waals surface area (Å²) >= 11 is 0. The van der Waals surface area contributed by atoms with E-state index in [-0.39, 0.29) is 5.91 Å². The Bertz CT molecular complexity index is 394. The molecule has 4 heteroatoms. The molecule has 0 bridgehead atoms. The minimum atomic E-state index is -0.0163. The van der Waals surface area contributed by atoms with E-state index in [1.807, 2.05) is 20.0 Å². The largest absolute Gasteiger partial charge is 0.373 e. The molecule has 0 atom stereocenters. The lowest BCUT2D eigenvalue weighted by Gasteiger charge is -2.09. The molecule has 0 aliphatic rings. The number of carbonyl (C=O) groups excluding carboxylic acids is 1. The molecular formula is C15H25N3O. The fourth-order valence-corrected chi connectivity index (χ4v) is 1.84. The van der Waals surface area contributed by atoms with E-state index in [1.165, 1.54) is 0 Å². The van der Waals surface area contributed by atoms with Crippen LogP contribution in [0.1, 0.15) is 49.7 Å². The van der Waals surface area contributed by atoms with Crippen molar-refractivity contribution in [3.05, 3.63) is 23.4 Å². The van der Waals surface area contributed by atoms with Gasteiger partial charge in [-0.15, -0.1) is 0 Å². The summed E-state index contributed by atoms with van der Waals surface area (Å²) < 4.78 is 0. The lowest BCUT2D eigenvalue weighted by atomic mass is 10.1. The maximum absolute atomic E-state index is 12.1. The molecule has 0 aliphatic carbocycles. The van der Waals surface area contributed by atoms with Crippen LogP contribution in [0.25, 0.3) is 0 Å². The number of hydrogen-bond donors (Lipinski definition) is 2. The Balaban J connectivity index is 2.60. The van der Waals surface area contributed by atoms with Gasteiger partial charge in [-0.25, -0.2) is 4.98 Å². The Morgan fingerprint density at radius 3 is 2.68 bits per heavy atom. The first-order chi connectivity index (χ1) is 9.06. The number of nitrogens with zero attached hydrogens (tertiary/aromatic N) is 1. The number of nitrogens with one attached hydrogen (secondary N) is 2. The molecule has 0 radical (unpaired) electrons. The van der Waals surface area contributed by atoms with Crippen molar-refractivity contribution in [1.82, 2.24) is 10.3 Å². The van der Waals surface area contributed by atoms with Gasteiger partial charge in [0, 0.05) is 24.8 Å². The third-order valence-electron chi connectivity index (χ3n) is 3.00. The van der Waals surface area contributed by atoms with Gasteiger partial charge in [-0.05, 0) is 37.3 Å². The van der Waals surface area contributed by atoms with Gasteiger partial charge >= 0.3 is 0 Å². The minimum absolute atomic E-state index is 0.0163. The van der Waals surface area contributed by atoms with E-state index >= 15 is 0 Å². The number of rotatable bonds is 7. The van der Waals surface area contributed by atoms with Gasteiger partial charge in [0.1, 0.15) is 5.82 Å². The predicted octanol–water partition coefficient (Wildman–Crippen LogP) is 2.85. The van der Waals surface area contributed by atoms with Crippen LogP contribution in [0.2, 0.25) is 0 Å². The van der Waals surface area contributed by atoms with Crippen LogP contribution in [0.3, 0.4) is 0 Å².